The standard InChI is InChI=1S/C19H17F2N3OS/c20-12-5-4-10(8-13(12)21)17-14(6-7-25-17)24-18-16-11-2-1-3-15(11)26-19(16)23-9-22-18/h4-5,8-9,14,17H,1-3,6-7H2,(H,22,23,24). The molecule has 1 N–H and O–H groups in total. The Bertz CT molecular complexity index is 990. The van der Waals surface area contributed by atoms with Crippen molar-refractivity contribution in [3.05, 3.63) is 52.2 Å². The van der Waals surface area contributed by atoms with Crippen molar-refractivity contribution in [3.8, 4) is 0 Å². The number of anilines is 1. The van der Waals surface area contributed by atoms with E-state index in [1.807, 2.05) is 0 Å². The van der Waals surface area contributed by atoms with Crippen LogP contribution in [0.1, 0.15) is 34.9 Å². The Hall–Kier alpha value is -2.12. The van der Waals surface area contributed by atoms with Crippen molar-refractivity contribution in [1.29, 1.82) is 0 Å². The van der Waals surface area contributed by atoms with Crippen LogP contribution in [-0.4, -0.2) is 22.6 Å². The molecule has 5 rings (SSSR count). The third-order valence-electron chi connectivity index (χ3n) is 5.19. The molecule has 2 aromatic heterocycles. The number of hydrogen-bond acceptors (Lipinski definition) is 5. The summed E-state index contributed by atoms with van der Waals surface area (Å²) in [6.07, 6.45) is 5.38. The molecule has 0 amide bonds. The lowest BCUT2D eigenvalue weighted by Gasteiger charge is -2.21. The molecule has 0 spiro atoms. The first-order valence-electron chi connectivity index (χ1n) is 8.79. The Morgan fingerprint density at radius 2 is 2.08 bits per heavy atom. The van der Waals surface area contributed by atoms with Gasteiger partial charge in [0.15, 0.2) is 11.6 Å². The predicted octanol–water partition coefficient (Wildman–Crippen LogP) is 4.40. The van der Waals surface area contributed by atoms with E-state index in [1.165, 1.54) is 22.9 Å². The molecule has 2 atom stereocenters. The molecule has 1 fully saturated rings. The predicted molar refractivity (Wildman–Crippen MR) is 96.5 cm³/mol. The van der Waals surface area contributed by atoms with Gasteiger partial charge in [0.2, 0.25) is 0 Å². The van der Waals surface area contributed by atoms with Gasteiger partial charge in [0.05, 0.1) is 11.4 Å². The molecular formula is C19H17F2N3OS. The minimum atomic E-state index is -0.850. The summed E-state index contributed by atoms with van der Waals surface area (Å²) in [5.74, 6) is -0.878. The summed E-state index contributed by atoms with van der Waals surface area (Å²) in [7, 11) is 0. The van der Waals surface area contributed by atoms with Gasteiger partial charge < -0.3 is 10.1 Å². The van der Waals surface area contributed by atoms with E-state index in [0.717, 1.165) is 41.4 Å². The molecule has 1 aromatic carbocycles. The number of nitrogens with zero attached hydrogens (tertiary/aromatic N) is 2. The van der Waals surface area contributed by atoms with Gasteiger partial charge in [-0.3, -0.25) is 0 Å². The zero-order valence-electron chi connectivity index (χ0n) is 14.0. The first-order chi connectivity index (χ1) is 12.7. The molecule has 1 saturated heterocycles. The number of aromatic nitrogens is 2. The molecule has 4 nitrogen and oxygen atoms in total. The number of fused-ring (bicyclic) bond motifs is 3. The number of rotatable bonds is 3. The molecule has 0 saturated carbocycles. The van der Waals surface area contributed by atoms with Gasteiger partial charge in [-0.1, -0.05) is 6.07 Å². The van der Waals surface area contributed by atoms with Crippen molar-refractivity contribution >= 4 is 27.4 Å². The second-order valence-corrected chi connectivity index (χ2v) is 7.85. The molecule has 2 aliphatic rings. The van der Waals surface area contributed by atoms with Gasteiger partial charge in [-0.05, 0) is 48.9 Å². The van der Waals surface area contributed by atoms with Gasteiger partial charge >= 0.3 is 0 Å². The van der Waals surface area contributed by atoms with Crippen LogP contribution in [0.2, 0.25) is 0 Å². The SMILES string of the molecule is Fc1ccc(C2OCCC2Nc2ncnc3sc4c(c23)CCC4)cc1F. The quantitative estimate of drug-likeness (QED) is 0.739. The van der Waals surface area contributed by atoms with Gasteiger partial charge in [-0.25, -0.2) is 18.7 Å². The van der Waals surface area contributed by atoms with Gasteiger partial charge in [0, 0.05) is 11.5 Å². The molecule has 26 heavy (non-hydrogen) atoms. The van der Waals surface area contributed by atoms with Gasteiger partial charge in [0.25, 0.3) is 0 Å². The molecular weight excluding hydrogens is 356 g/mol. The second kappa shape index (κ2) is 6.25. The molecule has 134 valence electrons. The van der Waals surface area contributed by atoms with E-state index in [-0.39, 0.29) is 12.1 Å². The van der Waals surface area contributed by atoms with Gasteiger partial charge in [0.1, 0.15) is 23.1 Å². The Balaban J connectivity index is 1.49. The normalized spacial score (nSPS) is 22.1. The van der Waals surface area contributed by atoms with Crippen LogP contribution in [-0.2, 0) is 17.6 Å². The lowest BCUT2D eigenvalue weighted by atomic mass is 10.0. The molecule has 2 unspecified atom stereocenters. The fraction of sp³-hybridized carbons (Fsp3) is 0.368. The maximum absolute atomic E-state index is 13.6. The smallest absolute Gasteiger partial charge is 0.159 e. The van der Waals surface area contributed by atoms with E-state index in [1.54, 1.807) is 23.7 Å². The number of thiophene rings is 1. The first kappa shape index (κ1) is 16.1. The summed E-state index contributed by atoms with van der Waals surface area (Å²) in [6.45, 7) is 0.567. The summed E-state index contributed by atoms with van der Waals surface area (Å²) in [4.78, 5) is 11.3. The summed E-state index contributed by atoms with van der Waals surface area (Å²) in [5.41, 5.74) is 2.00. The van der Waals surface area contributed by atoms with Crippen molar-refractivity contribution < 1.29 is 13.5 Å². The van der Waals surface area contributed by atoms with Crippen molar-refractivity contribution in [3.63, 3.8) is 0 Å². The van der Waals surface area contributed by atoms with Crippen LogP contribution >= 0.6 is 11.3 Å². The fourth-order valence-electron chi connectivity index (χ4n) is 3.97. The van der Waals surface area contributed by atoms with Crippen LogP contribution in [0.25, 0.3) is 10.2 Å². The monoisotopic (exact) mass is 373 g/mol. The van der Waals surface area contributed by atoms with E-state index in [9.17, 15) is 8.78 Å². The van der Waals surface area contributed by atoms with E-state index >= 15 is 0 Å². The average molecular weight is 373 g/mol. The lowest BCUT2D eigenvalue weighted by Crippen LogP contribution is -2.24. The highest BCUT2D eigenvalue weighted by Crippen LogP contribution is 2.40. The molecule has 1 aliphatic carbocycles. The van der Waals surface area contributed by atoms with Crippen LogP contribution in [0, 0.1) is 11.6 Å². The van der Waals surface area contributed by atoms with Crippen LogP contribution in [0.4, 0.5) is 14.6 Å². The van der Waals surface area contributed by atoms with E-state index < -0.39 is 11.6 Å². The largest absolute Gasteiger partial charge is 0.371 e. The Labute approximate surface area is 153 Å². The molecule has 0 bridgehead atoms. The highest BCUT2D eigenvalue weighted by atomic mass is 32.1. The second-order valence-electron chi connectivity index (χ2n) is 6.76. The number of nitrogens with one attached hydrogen (secondary N) is 1. The van der Waals surface area contributed by atoms with Crippen LogP contribution in [0.5, 0.6) is 0 Å². The summed E-state index contributed by atoms with van der Waals surface area (Å²) >= 11 is 1.75. The van der Waals surface area contributed by atoms with Crippen molar-refractivity contribution in [2.24, 2.45) is 0 Å². The fourth-order valence-corrected chi connectivity index (χ4v) is 5.20. The van der Waals surface area contributed by atoms with Crippen molar-refractivity contribution in [2.45, 2.75) is 37.8 Å². The maximum atomic E-state index is 13.6. The minimum Gasteiger partial charge on any atom is -0.371 e. The van der Waals surface area contributed by atoms with E-state index in [2.05, 4.69) is 15.3 Å². The Morgan fingerprint density at radius 3 is 2.96 bits per heavy atom. The minimum absolute atomic E-state index is 0.0464. The van der Waals surface area contributed by atoms with Gasteiger partial charge in [-0.15, -0.1) is 11.3 Å². The Morgan fingerprint density at radius 1 is 1.15 bits per heavy atom. The highest BCUT2D eigenvalue weighted by molar-refractivity contribution is 7.19. The average Bonchev–Trinajstić information content (AvgIpc) is 3.33. The lowest BCUT2D eigenvalue weighted by molar-refractivity contribution is 0.107. The maximum Gasteiger partial charge on any atom is 0.159 e. The number of aryl methyl sites for hydroxylation is 2. The molecule has 1 aliphatic heterocycles. The first-order valence-corrected chi connectivity index (χ1v) is 9.60. The topological polar surface area (TPSA) is 47.0 Å². The van der Waals surface area contributed by atoms with E-state index in [4.69, 9.17) is 4.74 Å². The third kappa shape index (κ3) is 2.57. The van der Waals surface area contributed by atoms with E-state index in [0.29, 0.717) is 12.2 Å². The zero-order chi connectivity index (χ0) is 17.7. The highest BCUT2D eigenvalue weighted by Gasteiger charge is 2.32. The van der Waals surface area contributed by atoms with Crippen molar-refractivity contribution in [2.75, 3.05) is 11.9 Å². The van der Waals surface area contributed by atoms with Crippen LogP contribution in [0.15, 0.2) is 24.5 Å². The number of halogens is 2. The number of benzene rings is 1. The number of ether oxygens (including phenoxy) is 1. The molecule has 7 heteroatoms. The molecule has 3 heterocycles. The third-order valence-corrected chi connectivity index (χ3v) is 6.39. The van der Waals surface area contributed by atoms with Crippen LogP contribution in [0.3, 0.4) is 0 Å². The summed E-state index contributed by atoms with van der Waals surface area (Å²) < 4.78 is 32.7. The summed E-state index contributed by atoms with van der Waals surface area (Å²) in [6, 6.07) is 3.91. The zero-order valence-corrected chi connectivity index (χ0v) is 14.8. The molecule has 3 aromatic rings. The molecule has 0 radical (unpaired) electrons. The van der Waals surface area contributed by atoms with Gasteiger partial charge in [-0.2, -0.15) is 0 Å². The number of hydrogen-bond donors (Lipinski definition) is 1. The Kier molecular flexibility index (Phi) is 3.86. The van der Waals surface area contributed by atoms with Crippen LogP contribution < -0.4 is 5.32 Å². The summed E-state index contributed by atoms with van der Waals surface area (Å²) in [5, 5.41) is 4.61. The van der Waals surface area contributed by atoms with Crippen molar-refractivity contribution in [1.82, 2.24) is 9.97 Å².